The van der Waals surface area contributed by atoms with Crippen molar-refractivity contribution < 1.29 is 9.90 Å². The number of amides is 1. The molecule has 2 heterocycles. The largest absolute Gasteiger partial charge is 0.386 e. The average molecular weight is 430 g/mol. The van der Waals surface area contributed by atoms with Crippen molar-refractivity contribution in [2.45, 2.75) is 26.4 Å². The molecule has 0 aliphatic carbocycles. The van der Waals surface area contributed by atoms with Crippen molar-refractivity contribution in [3.63, 3.8) is 0 Å². The summed E-state index contributed by atoms with van der Waals surface area (Å²) in [7, 11) is 3.99. The van der Waals surface area contributed by atoms with Crippen LogP contribution < -0.4 is 10.2 Å². The first-order chi connectivity index (χ1) is 15.1. The smallest absolute Gasteiger partial charge is 0.256 e. The third kappa shape index (κ3) is 4.33. The van der Waals surface area contributed by atoms with E-state index in [9.17, 15) is 9.90 Å². The summed E-state index contributed by atoms with van der Waals surface area (Å²) in [4.78, 5) is 19.5. The lowest BCUT2D eigenvalue weighted by Gasteiger charge is -2.17. The Morgan fingerprint density at radius 3 is 2.44 bits per heavy atom. The quantitative estimate of drug-likeness (QED) is 0.496. The van der Waals surface area contributed by atoms with Gasteiger partial charge in [0.1, 0.15) is 5.82 Å². The molecule has 0 atom stereocenters. The van der Waals surface area contributed by atoms with E-state index in [0.717, 1.165) is 28.2 Å². The molecule has 1 amide bonds. The van der Waals surface area contributed by atoms with E-state index >= 15 is 0 Å². The maximum Gasteiger partial charge on any atom is 0.256 e. The van der Waals surface area contributed by atoms with Crippen molar-refractivity contribution in [1.29, 1.82) is 0 Å². The lowest BCUT2D eigenvalue weighted by molar-refractivity contribution is 0.0785. The number of hydrogen-bond acceptors (Lipinski definition) is 5. The highest BCUT2D eigenvalue weighted by molar-refractivity contribution is 6.04. The number of aryl methyl sites for hydroxylation is 1. The van der Waals surface area contributed by atoms with Crippen LogP contribution >= 0.6 is 0 Å². The summed E-state index contributed by atoms with van der Waals surface area (Å²) in [6, 6.07) is 18.7. The Morgan fingerprint density at radius 1 is 1.06 bits per heavy atom. The average Bonchev–Trinajstić information content (AvgIpc) is 3.12. The van der Waals surface area contributed by atoms with E-state index in [-0.39, 0.29) is 5.91 Å². The fourth-order valence-electron chi connectivity index (χ4n) is 3.52. The maximum absolute atomic E-state index is 12.9. The lowest BCUT2D eigenvalue weighted by Crippen LogP contribution is -2.17. The molecule has 7 nitrogen and oxygen atoms in total. The molecular weight excluding hydrogens is 402 g/mol. The van der Waals surface area contributed by atoms with Gasteiger partial charge < -0.3 is 15.3 Å². The van der Waals surface area contributed by atoms with Crippen molar-refractivity contribution in [2.24, 2.45) is 0 Å². The van der Waals surface area contributed by atoms with Gasteiger partial charge in [-0.15, -0.1) is 0 Å². The molecule has 0 saturated heterocycles. The maximum atomic E-state index is 12.9. The van der Waals surface area contributed by atoms with E-state index < -0.39 is 5.60 Å². The molecule has 7 heteroatoms. The lowest BCUT2D eigenvalue weighted by atomic mass is 9.97. The highest BCUT2D eigenvalue weighted by Gasteiger charge is 2.17. The first kappa shape index (κ1) is 21.5. The summed E-state index contributed by atoms with van der Waals surface area (Å²) in [6.45, 7) is 5.33. The van der Waals surface area contributed by atoms with Crippen LogP contribution in [-0.2, 0) is 5.60 Å². The minimum absolute atomic E-state index is 0.270. The van der Waals surface area contributed by atoms with E-state index in [4.69, 9.17) is 0 Å². The predicted octanol–water partition coefficient (Wildman–Crippen LogP) is 4.25. The van der Waals surface area contributed by atoms with Gasteiger partial charge in [0, 0.05) is 43.0 Å². The molecule has 164 valence electrons. The summed E-state index contributed by atoms with van der Waals surface area (Å²) < 4.78 is 1.79. The molecule has 0 bridgehead atoms. The van der Waals surface area contributed by atoms with Crippen LogP contribution in [0.15, 0.2) is 60.7 Å². The number of hydrogen-bond donors (Lipinski definition) is 2. The first-order valence-electron chi connectivity index (χ1n) is 10.4. The monoisotopic (exact) mass is 429 g/mol. The van der Waals surface area contributed by atoms with Gasteiger partial charge >= 0.3 is 0 Å². The number of carbonyl (C=O) groups excluding carboxylic acids is 1. The molecule has 0 radical (unpaired) electrons. The number of fused-ring (bicyclic) bond motifs is 1. The Bertz CT molecular complexity index is 1280. The molecule has 0 unspecified atom stereocenters. The Labute approximate surface area is 187 Å². The molecule has 2 N–H and O–H groups in total. The molecule has 32 heavy (non-hydrogen) atoms. The van der Waals surface area contributed by atoms with E-state index in [2.05, 4.69) is 21.5 Å². The first-order valence-corrected chi connectivity index (χ1v) is 10.4. The molecule has 2 aromatic heterocycles. The van der Waals surface area contributed by atoms with Crippen molar-refractivity contribution in [3.05, 3.63) is 77.5 Å². The van der Waals surface area contributed by atoms with Gasteiger partial charge in [-0.25, -0.2) is 9.50 Å². The standard InChI is InChI=1S/C25H27N5O2/c1-16-13-23-26-22(27-24(31)17-9-11-19(12-10-17)25(2,3)32)15-21(30(23)28-16)18-7-6-8-20(14-18)29(4)5/h6-15,32H,1-5H3,(H,26,27,31). The summed E-state index contributed by atoms with van der Waals surface area (Å²) >= 11 is 0. The van der Waals surface area contributed by atoms with Gasteiger partial charge in [0.05, 0.1) is 17.0 Å². The highest BCUT2D eigenvalue weighted by Crippen LogP contribution is 2.27. The number of nitrogens with one attached hydrogen (secondary N) is 1. The van der Waals surface area contributed by atoms with Crippen LogP contribution in [0.3, 0.4) is 0 Å². The Hall–Kier alpha value is -3.71. The normalized spacial score (nSPS) is 11.6. The van der Waals surface area contributed by atoms with Gasteiger partial charge in [0.25, 0.3) is 5.91 Å². The second-order valence-corrected chi connectivity index (χ2v) is 8.62. The highest BCUT2D eigenvalue weighted by atomic mass is 16.3. The van der Waals surface area contributed by atoms with Crippen LogP contribution in [0.4, 0.5) is 11.5 Å². The molecule has 2 aromatic carbocycles. The number of benzene rings is 2. The van der Waals surface area contributed by atoms with Gasteiger partial charge in [0.15, 0.2) is 5.65 Å². The molecule has 4 rings (SSSR count). The van der Waals surface area contributed by atoms with Gasteiger partial charge in [0.2, 0.25) is 0 Å². The second-order valence-electron chi connectivity index (χ2n) is 8.62. The number of anilines is 2. The summed E-state index contributed by atoms with van der Waals surface area (Å²) in [5.41, 5.74) is 4.63. The van der Waals surface area contributed by atoms with Gasteiger partial charge in [-0.2, -0.15) is 5.10 Å². The summed E-state index contributed by atoms with van der Waals surface area (Å²) in [6.07, 6.45) is 0. The molecule has 4 aromatic rings. The zero-order valence-corrected chi connectivity index (χ0v) is 18.9. The van der Waals surface area contributed by atoms with E-state index in [1.165, 1.54) is 0 Å². The Morgan fingerprint density at radius 2 is 1.78 bits per heavy atom. The second kappa shape index (κ2) is 8.09. The Balaban J connectivity index is 1.71. The SMILES string of the molecule is Cc1cc2nc(NC(=O)c3ccc(C(C)(C)O)cc3)cc(-c3cccc(N(C)C)c3)n2n1. The minimum atomic E-state index is -0.961. The van der Waals surface area contributed by atoms with E-state index in [1.807, 2.05) is 56.3 Å². The van der Waals surface area contributed by atoms with Gasteiger partial charge in [-0.3, -0.25) is 4.79 Å². The minimum Gasteiger partial charge on any atom is -0.386 e. The topological polar surface area (TPSA) is 82.8 Å². The Kier molecular flexibility index (Phi) is 5.44. The summed E-state index contributed by atoms with van der Waals surface area (Å²) in [5, 5.41) is 17.6. The van der Waals surface area contributed by atoms with E-state index in [1.54, 1.807) is 42.6 Å². The van der Waals surface area contributed by atoms with Crippen molar-refractivity contribution in [2.75, 3.05) is 24.3 Å². The molecule has 0 spiro atoms. The third-order valence-corrected chi connectivity index (χ3v) is 5.30. The molecule has 0 saturated carbocycles. The molecule has 0 aliphatic rings. The van der Waals surface area contributed by atoms with Crippen LogP contribution in [0.1, 0.15) is 35.5 Å². The fraction of sp³-hybridized carbons (Fsp3) is 0.240. The molecule has 0 aliphatic heterocycles. The zero-order valence-electron chi connectivity index (χ0n) is 18.9. The van der Waals surface area contributed by atoms with Crippen LogP contribution in [0.2, 0.25) is 0 Å². The fourth-order valence-corrected chi connectivity index (χ4v) is 3.52. The number of aromatic nitrogens is 3. The predicted molar refractivity (Wildman–Crippen MR) is 127 cm³/mol. The van der Waals surface area contributed by atoms with Crippen molar-refractivity contribution in [1.82, 2.24) is 14.6 Å². The number of aliphatic hydroxyl groups is 1. The summed E-state index contributed by atoms with van der Waals surface area (Å²) in [5.74, 6) is 0.174. The van der Waals surface area contributed by atoms with Gasteiger partial charge in [-0.05, 0) is 50.6 Å². The number of carbonyl (C=O) groups is 1. The van der Waals surface area contributed by atoms with Crippen molar-refractivity contribution >= 4 is 23.1 Å². The number of rotatable bonds is 5. The molecule has 0 fully saturated rings. The van der Waals surface area contributed by atoms with E-state index in [0.29, 0.717) is 17.0 Å². The zero-order chi connectivity index (χ0) is 23.0. The van der Waals surface area contributed by atoms with Crippen LogP contribution in [0.25, 0.3) is 16.9 Å². The van der Waals surface area contributed by atoms with Crippen LogP contribution in [0.5, 0.6) is 0 Å². The number of nitrogens with zero attached hydrogens (tertiary/aromatic N) is 4. The van der Waals surface area contributed by atoms with Crippen LogP contribution in [-0.4, -0.2) is 39.7 Å². The van der Waals surface area contributed by atoms with Crippen molar-refractivity contribution in [3.8, 4) is 11.3 Å². The van der Waals surface area contributed by atoms with Crippen LogP contribution in [0, 0.1) is 6.92 Å². The third-order valence-electron chi connectivity index (χ3n) is 5.30. The van der Waals surface area contributed by atoms with Gasteiger partial charge in [-0.1, -0.05) is 24.3 Å². The molecular formula is C25H27N5O2.